The Kier molecular flexibility index (Phi) is 5.17. The summed E-state index contributed by atoms with van der Waals surface area (Å²) >= 11 is 17.0. The second-order valence-corrected chi connectivity index (χ2v) is 5.65. The highest BCUT2D eigenvalue weighted by Gasteiger charge is 2.09. The average Bonchev–Trinajstić information content (AvgIpc) is 2.43. The lowest BCUT2D eigenvalue weighted by Crippen LogP contribution is -2.34. The average molecular weight is 339 g/mol. The number of benzene rings is 2. The van der Waals surface area contributed by atoms with Crippen LogP contribution in [0, 0.1) is 6.92 Å². The normalized spacial score (nSPS) is 10.0. The van der Waals surface area contributed by atoms with Gasteiger partial charge in [0.15, 0.2) is 5.11 Å². The van der Waals surface area contributed by atoms with E-state index in [9.17, 15) is 4.79 Å². The molecule has 0 aliphatic carbocycles. The van der Waals surface area contributed by atoms with Gasteiger partial charge < -0.3 is 5.32 Å². The van der Waals surface area contributed by atoms with E-state index in [0.717, 1.165) is 5.56 Å². The summed E-state index contributed by atoms with van der Waals surface area (Å²) in [5, 5.41) is 6.58. The molecular weight excluding hydrogens is 327 g/mol. The van der Waals surface area contributed by atoms with Crippen molar-refractivity contribution in [3.8, 4) is 0 Å². The van der Waals surface area contributed by atoms with Gasteiger partial charge in [0.05, 0.1) is 10.7 Å². The molecule has 2 N–H and O–H groups in total. The van der Waals surface area contributed by atoms with Gasteiger partial charge in [0.25, 0.3) is 5.91 Å². The Bertz CT molecular complexity index is 687. The summed E-state index contributed by atoms with van der Waals surface area (Å²) in [7, 11) is 0. The minimum atomic E-state index is -0.286. The quantitative estimate of drug-likeness (QED) is 0.796. The van der Waals surface area contributed by atoms with Crippen molar-refractivity contribution in [1.82, 2.24) is 5.32 Å². The predicted octanol–water partition coefficient (Wildman–Crippen LogP) is 4.43. The third-order valence-electron chi connectivity index (χ3n) is 2.72. The van der Waals surface area contributed by atoms with Crippen LogP contribution in [-0.4, -0.2) is 11.0 Å². The summed E-state index contributed by atoms with van der Waals surface area (Å²) in [4.78, 5) is 12.0. The minimum Gasteiger partial charge on any atom is -0.331 e. The van der Waals surface area contributed by atoms with Crippen LogP contribution < -0.4 is 10.6 Å². The van der Waals surface area contributed by atoms with Gasteiger partial charge >= 0.3 is 0 Å². The van der Waals surface area contributed by atoms with E-state index in [1.165, 1.54) is 0 Å². The number of hydrogen-bond donors (Lipinski definition) is 2. The Morgan fingerprint density at radius 1 is 1.10 bits per heavy atom. The second kappa shape index (κ2) is 6.89. The fraction of sp³-hybridized carbons (Fsp3) is 0.0667. The number of carbonyl (C=O) groups is 1. The number of thiocarbonyl (C=S) groups is 1. The summed E-state index contributed by atoms with van der Waals surface area (Å²) in [5.74, 6) is -0.286. The minimum absolute atomic E-state index is 0.157. The fourth-order valence-electron chi connectivity index (χ4n) is 1.63. The number of halogens is 2. The zero-order valence-corrected chi connectivity index (χ0v) is 13.4. The molecule has 0 spiro atoms. The second-order valence-electron chi connectivity index (χ2n) is 4.40. The summed E-state index contributed by atoms with van der Waals surface area (Å²) in [6, 6.07) is 12.1. The van der Waals surface area contributed by atoms with Crippen LogP contribution >= 0.6 is 35.4 Å². The number of aryl methyl sites for hydroxylation is 1. The maximum Gasteiger partial charge on any atom is 0.257 e. The molecule has 0 saturated heterocycles. The number of carbonyl (C=O) groups excluding carboxylic acids is 1. The van der Waals surface area contributed by atoms with Gasteiger partial charge in [-0.3, -0.25) is 10.1 Å². The van der Waals surface area contributed by atoms with Crippen molar-refractivity contribution in [2.45, 2.75) is 6.92 Å². The van der Waals surface area contributed by atoms with Gasteiger partial charge in [0, 0.05) is 10.6 Å². The van der Waals surface area contributed by atoms with Crippen molar-refractivity contribution in [2.75, 3.05) is 5.32 Å². The third kappa shape index (κ3) is 4.43. The zero-order chi connectivity index (χ0) is 15.4. The summed E-state index contributed by atoms with van der Waals surface area (Å²) in [5.41, 5.74) is 2.15. The van der Waals surface area contributed by atoms with E-state index in [-0.39, 0.29) is 11.0 Å². The maximum atomic E-state index is 12.0. The Labute approximate surface area is 138 Å². The van der Waals surface area contributed by atoms with Gasteiger partial charge in [0.1, 0.15) is 0 Å². The Balaban J connectivity index is 2.03. The fourth-order valence-corrected chi connectivity index (χ4v) is 2.17. The molecular formula is C15H12Cl2N2OS. The molecule has 0 unspecified atom stereocenters. The van der Waals surface area contributed by atoms with Crippen molar-refractivity contribution < 1.29 is 4.79 Å². The highest BCUT2D eigenvalue weighted by atomic mass is 35.5. The topological polar surface area (TPSA) is 41.1 Å². The Hall–Kier alpha value is -1.62. The Morgan fingerprint density at radius 3 is 2.43 bits per heavy atom. The van der Waals surface area contributed by atoms with E-state index in [1.54, 1.807) is 30.3 Å². The van der Waals surface area contributed by atoms with Crippen molar-refractivity contribution in [2.24, 2.45) is 0 Å². The lowest BCUT2D eigenvalue weighted by molar-refractivity contribution is 0.0978. The SMILES string of the molecule is Cc1ccc(C(=O)NC(=S)Nc2cc(Cl)ccc2Cl)cc1. The molecule has 0 radical (unpaired) electrons. The first-order valence-electron chi connectivity index (χ1n) is 6.10. The van der Waals surface area contributed by atoms with Crippen LogP contribution in [0.2, 0.25) is 10.0 Å². The van der Waals surface area contributed by atoms with Gasteiger partial charge in [-0.2, -0.15) is 0 Å². The van der Waals surface area contributed by atoms with Gasteiger partial charge in [-0.05, 0) is 49.5 Å². The van der Waals surface area contributed by atoms with Crippen molar-refractivity contribution >= 4 is 52.1 Å². The van der Waals surface area contributed by atoms with Crippen LogP contribution in [0.25, 0.3) is 0 Å². The van der Waals surface area contributed by atoms with Gasteiger partial charge in [-0.25, -0.2) is 0 Å². The van der Waals surface area contributed by atoms with Crippen LogP contribution in [0.3, 0.4) is 0 Å². The van der Waals surface area contributed by atoms with Gasteiger partial charge in [0.2, 0.25) is 0 Å². The molecule has 2 aromatic carbocycles. The molecule has 108 valence electrons. The van der Waals surface area contributed by atoms with Crippen LogP contribution in [-0.2, 0) is 0 Å². The van der Waals surface area contributed by atoms with E-state index in [1.807, 2.05) is 19.1 Å². The van der Waals surface area contributed by atoms with E-state index < -0.39 is 0 Å². The highest BCUT2D eigenvalue weighted by molar-refractivity contribution is 7.80. The van der Waals surface area contributed by atoms with E-state index in [4.69, 9.17) is 35.4 Å². The lowest BCUT2D eigenvalue weighted by atomic mass is 10.1. The van der Waals surface area contributed by atoms with Crippen LogP contribution in [0.15, 0.2) is 42.5 Å². The molecule has 6 heteroatoms. The van der Waals surface area contributed by atoms with Gasteiger partial charge in [-0.15, -0.1) is 0 Å². The molecule has 0 atom stereocenters. The standard InChI is InChI=1S/C15H12Cl2N2OS/c1-9-2-4-10(5-3-9)14(20)19-15(21)18-13-8-11(16)6-7-12(13)17/h2-8H,1H3,(H2,18,19,20,21). The zero-order valence-electron chi connectivity index (χ0n) is 11.1. The van der Waals surface area contributed by atoms with E-state index >= 15 is 0 Å². The van der Waals surface area contributed by atoms with E-state index in [2.05, 4.69) is 10.6 Å². The molecule has 0 aliphatic heterocycles. The molecule has 0 aromatic heterocycles. The van der Waals surface area contributed by atoms with Crippen LogP contribution in [0.5, 0.6) is 0 Å². The predicted molar refractivity (Wildman–Crippen MR) is 91.3 cm³/mol. The molecule has 21 heavy (non-hydrogen) atoms. The molecule has 0 saturated carbocycles. The van der Waals surface area contributed by atoms with Crippen LogP contribution in [0.1, 0.15) is 15.9 Å². The number of hydrogen-bond acceptors (Lipinski definition) is 2. The molecule has 2 rings (SSSR count). The Morgan fingerprint density at radius 2 is 1.76 bits per heavy atom. The van der Waals surface area contributed by atoms with Crippen molar-refractivity contribution in [3.05, 3.63) is 63.6 Å². The monoisotopic (exact) mass is 338 g/mol. The van der Waals surface area contributed by atoms with Crippen LogP contribution in [0.4, 0.5) is 5.69 Å². The smallest absolute Gasteiger partial charge is 0.257 e. The lowest BCUT2D eigenvalue weighted by Gasteiger charge is -2.11. The highest BCUT2D eigenvalue weighted by Crippen LogP contribution is 2.25. The molecule has 0 aliphatic rings. The van der Waals surface area contributed by atoms with Crippen molar-refractivity contribution in [3.63, 3.8) is 0 Å². The molecule has 1 amide bonds. The third-order valence-corrected chi connectivity index (χ3v) is 3.49. The molecule has 0 heterocycles. The number of anilines is 1. The van der Waals surface area contributed by atoms with E-state index in [0.29, 0.717) is 21.3 Å². The summed E-state index contributed by atoms with van der Waals surface area (Å²) in [6.07, 6.45) is 0. The first-order valence-corrected chi connectivity index (χ1v) is 7.26. The molecule has 2 aromatic rings. The summed E-state index contributed by atoms with van der Waals surface area (Å²) < 4.78 is 0. The van der Waals surface area contributed by atoms with Gasteiger partial charge in [-0.1, -0.05) is 40.9 Å². The van der Waals surface area contributed by atoms with Crippen molar-refractivity contribution in [1.29, 1.82) is 0 Å². The first kappa shape index (κ1) is 15.8. The number of amides is 1. The maximum absolute atomic E-state index is 12.0. The molecule has 0 bridgehead atoms. The first-order chi connectivity index (χ1) is 9.95. The molecule has 0 fully saturated rings. The summed E-state index contributed by atoms with van der Waals surface area (Å²) in [6.45, 7) is 1.95. The largest absolute Gasteiger partial charge is 0.331 e. The number of rotatable bonds is 2. The molecule has 3 nitrogen and oxygen atoms in total. The number of nitrogens with one attached hydrogen (secondary N) is 2.